The molecule has 11 heteroatoms. The molecule has 0 bridgehead atoms. The summed E-state index contributed by atoms with van der Waals surface area (Å²) in [5.74, 6) is -0.671. The van der Waals surface area contributed by atoms with Crippen molar-refractivity contribution >= 4 is 28.7 Å². The molecule has 4 rings (SSSR count). The minimum Gasteiger partial charge on any atom is -0.422 e. The molecule has 0 aliphatic rings. The van der Waals surface area contributed by atoms with E-state index in [4.69, 9.17) is 16.3 Å². The number of carbonyl (C=O) groups is 1. The molecular weight excluding hydrogens is 466 g/mol. The Morgan fingerprint density at radius 3 is 2.47 bits per heavy atom. The Morgan fingerprint density at radius 2 is 1.82 bits per heavy atom. The van der Waals surface area contributed by atoms with Gasteiger partial charge in [0.15, 0.2) is 17.2 Å². The second kappa shape index (κ2) is 9.30. The van der Waals surface area contributed by atoms with Crippen LogP contribution in [0.1, 0.15) is 37.9 Å². The molecule has 8 nitrogen and oxygen atoms in total. The van der Waals surface area contributed by atoms with Crippen molar-refractivity contribution in [2.24, 2.45) is 0 Å². The molecule has 4 aromatic rings. The number of pyridine rings is 1. The molecule has 0 unspecified atom stereocenters. The first-order valence-electron chi connectivity index (χ1n) is 10.4. The lowest BCUT2D eigenvalue weighted by Crippen LogP contribution is -2.41. The average Bonchev–Trinajstić information content (AvgIpc) is 3.13. The number of H-pyrrole nitrogens is 1. The summed E-state index contributed by atoms with van der Waals surface area (Å²) in [6.45, 7) is 5.00. The first-order chi connectivity index (χ1) is 16.1. The third-order valence-corrected chi connectivity index (χ3v) is 5.37. The van der Waals surface area contributed by atoms with Gasteiger partial charge in [-0.3, -0.25) is 4.79 Å². The standard InChI is InChI=1S/C23H21ClF2N6O2/c1-12(33)32-23(2,3)21-27-10-13(11-28-21)34-22-30-19-9-15(24)18(29-20(19)31-22)8-7-14-16(25)5-4-6-17(14)26/h4-6,9-11H,7-8H2,1-3H3,(H,32,33)(H,29,30,31). The Hall–Kier alpha value is -3.66. The van der Waals surface area contributed by atoms with E-state index in [2.05, 4.69) is 30.2 Å². The Kier molecular flexibility index (Phi) is 6.43. The molecule has 0 atom stereocenters. The highest BCUT2D eigenvalue weighted by Crippen LogP contribution is 2.26. The summed E-state index contributed by atoms with van der Waals surface area (Å²) in [6, 6.07) is 5.52. The van der Waals surface area contributed by atoms with Gasteiger partial charge in [0.25, 0.3) is 0 Å². The van der Waals surface area contributed by atoms with Gasteiger partial charge in [-0.15, -0.1) is 0 Å². The van der Waals surface area contributed by atoms with Crippen molar-refractivity contribution in [2.45, 2.75) is 39.2 Å². The maximum Gasteiger partial charge on any atom is 0.301 e. The van der Waals surface area contributed by atoms with Crippen molar-refractivity contribution in [1.82, 2.24) is 30.2 Å². The van der Waals surface area contributed by atoms with E-state index in [-0.39, 0.29) is 30.3 Å². The van der Waals surface area contributed by atoms with Crippen molar-refractivity contribution in [3.05, 3.63) is 70.4 Å². The number of ether oxygens (including phenoxy) is 1. The molecular formula is C23H21ClF2N6O2. The van der Waals surface area contributed by atoms with E-state index in [1.807, 2.05) is 0 Å². The summed E-state index contributed by atoms with van der Waals surface area (Å²) < 4.78 is 33.5. The van der Waals surface area contributed by atoms with E-state index in [9.17, 15) is 13.6 Å². The molecule has 0 saturated heterocycles. The Bertz CT molecular complexity index is 1340. The maximum absolute atomic E-state index is 13.9. The van der Waals surface area contributed by atoms with Gasteiger partial charge in [-0.2, -0.15) is 4.98 Å². The van der Waals surface area contributed by atoms with E-state index in [0.717, 1.165) is 0 Å². The normalized spacial score (nSPS) is 11.6. The summed E-state index contributed by atoms with van der Waals surface area (Å²) in [4.78, 5) is 31.6. The van der Waals surface area contributed by atoms with Gasteiger partial charge in [0.1, 0.15) is 11.6 Å². The second-order valence-electron chi connectivity index (χ2n) is 8.18. The van der Waals surface area contributed by atoms with Crippen molar-refractivity contribution < 1.29 is 18.3 Å². The van der Waals surface area contributed by atoms with Crippen LogP contribution in [-0.4, -0.2) is 30.8 Å². The van der Waals surface area contributed by atoms with Crippen LogP contribution in [0.5, 0.6) is 11.8 Å². The highest BCUT2D eigenvalue weighted by atomic mass is 35.5. The Morgan fingerprint density at radius 1 is 1.15 bits per heavy atom. The van der Waals surface area contributed by atoms with Crippen LogP contribution in [0, 0.1) is 11.6 Å². The van der Waals surface area contributed by atoms with Crippen LogP contribution >= 0.6 is 11.6 Å². The lowest BCUT2D eigenvalue weighted by molar-refractivity contribution is -0.120. The van der Waals surface area contributed by atoms with Gasteiger partial charge < -0.3 is 15.0 Å². The number of halogens is 3. The van der Waals surface area contributed by atoms with Gasteiger partial charge in [0.2, 0.25) is 5.91 Å². The fraction of sp³-hybridized carbons (Fsp3) is 0.261. The minimum absolute atomic E-state index is 0.0170. The number of aromatic nitrogens is 5. The average molecular weight is 487 g/mol. The smallest absolute Gasteiger partial charge is 0.301 e. The molecule has 0 aliphatic heterocycles. The third kappa shape index (κ3) is 5.12. The number of hydrogen-bond donors (Lipinski definition) is 2. The van der Waals surface area contributed by atoms with Gasteiger partial charge in [0, 0.05) is 12.5 Å². The number of nitrogens with zero attached hydrogens (tertiary/aromatic N) is 4. The van der Waals surface area contributed by atoms with Crippen LogP contribution < -0.4 is 10.1 Å². The maximum atomic E-state index is 13.9. The highest BCUT2D eigenvalue weighted by Gasteiger charge is 2.24. The third-order valence-electron chi connectivity index (χ3n) is 5.04. The van der Waals surface area contributed by atoms with Crippen LogP contribution in [0.25, 0.3) is 11.2 Å². The predicted octanol–water partition coefficient (Wildman–Crippen LogP) is 4.63. The van der Waals surface area contributed by atoms with Crippen LogP contribution in [0.2, 0.25) is 5.02 Å². The van der Waals surface area contributed by atoms with Crippen molar-refractivity contribution in [3.8, 4) is 11.8 Å². The SMILES string of the molecule is CC(=O)NC(C)(C)c1ncc(Oc2nc3nc(CCc4c(F)cccc4F)c(Cl)cc3[nH]2)cn1. The monoisotopic (exact) mass is 486 g/mol. The van der Waals surface area contributed by atoms with E-state index < -0.39 is 17.2 Å². The molecule has 0 spiro atoms. The summed E-state index contributed by atoms with van der Waals surface area (Å²) in [6.07, 6.45) is 3.26. The quantitative estimate of drug-likeness (QED) is 0.394. The van der Waals surface area contributed by atoms with Crippen LogP contribution in [0.3, 0.4) is 0 Å². The molecule has 0 radical (unpaired) electrons. The lowest BCUT2D eigenvalue weighted by atomic mass is 10.0. The van der Waals surface area contributed by atoms with Gasteiger partial charge >= 0.3 is 6.01 Å². The van der Waals surface area contributed by atoms with Gasteiger partial charge in [0.05, 0.1) is 34.2 Å². The number of amides is 1. The Balaban J connectivity index is 1.50. The second-order valence-corrected chi connectivity index (χ2v) is 8.59. The first-order valence-corrected chi connectivity index (χ1v) is 10.8. The summed E-state index contributed by atoms with van der Waals surface area (Å²) in [5, 5.41) is 3.11. The fourth-order valence-electron chi connectivity index (χ4n) is 3.47. The molecule has 1 amide bonds. The zero-order valence-electron chi connectivity index (χ0n) is 18.6. The van der Waals surface area contributed by atoms with Gasteiger partial charge in [-0.1, -0.05) is 17.7 Å². The molecule has 176 valence electrons. The number of rotatable bonds is 7. The number of nitrogens with one attached hydrogen (secondary N) is 2. The van der Waals surface area contributed by atoms with Crippen molar-refractivity contribution in [2.75, 3.05) is 0 Å². The number of fused-ring (bicyclic) bond motifs is 1. The first kappa shape index (κ1) is 23.5. The highest BCUT2D eigenvalue weighted by molar-refractivity contribution is 6.31. The van der Waals surface area contributed by atoms with Crippen LogP contribution in [0.4, 0.5) is 8.78 Å². The van der Waals surface area contributed by atoms with Crippen LogP contribution in [0.15, 0.2) is 36.7 Å². The summed E-state index contributed by atoms with van der Waals surface area (Å²) in [5.41, 5.74) is 0.573. The molecule has 3 aromatic heterocycles. The van der Waals surface area contributed by atoms with E-state index >= 15 is 0 Å². The Labute approximate surface area is 198 Å². The number of imidazole rings is 1. The van der Waals surface area contributed by atoms with Crippen molar-refractivity contribution in [1.29, 1.82) is 0 Å². The molecule has 0 aliphatic carbocycles. The minimum atomic E-state index is -0.744. The zero-order chi connectivity index (χ0) is 24.5. The van der Waals surface area contributed by atoms with Crippen molar-refractivity contribution in [3.63, 3.8) is 0 Å². The van der Waals surface area contributed by atoms with E-state index in [1.54, 1.807) is 19.9 Å². The fourth-order valence-corrected chi connectivity index (χ4v) is 3.72. The molecule has 1 aromatic carbocycles. The number of carbonyl (C=O) groups excluding carboxylic acids is 1. The largest absolute Gasteiger partial charge is 0.422 e. The van der Waals surface area contributed by atoms with E-state index in [0.29, 0.717) is 33.5 Å². The number of benzene rings is 1. The summed E-state index contributed by atoms with van der Waals surface area (Å²) in [7, 11) is 0. The number of aromatic amines is 1. The topological polar surface area (TPSA) is 106 Å². The van der Waals surface area contributed by atoms with Crippen LogP contribution in [-0.2, 0) is 23.2 Å². The lowest BCUT2D eigenvalue weighted by Gasteiger charge is -2.23. The van der Waals surface area contributed by atoms with E-state index in [1.165, 1.54) is 37.5 Å². The molecule has 2 N–H and O–H groups in total. The molecule has 34 heavy (non-hydrogen) atoms. The molecule has 0 saturated carbocycles. The van der Waals surface area contributed by atoms with Gasteiger partial charge in [-0.05, 0) is 44.9 Å². The zero-order valence-corrected chi connectivity index (χ0v) is 19.4. The predicted molar refractivity (Wildman–Crippen MR) is 122 cm³/mol. The number of aryl methyl sites for hydroxylation is 1. The summed E-state index contributed by atoms with van der Waals surface area (Å²) >= 11 is 6.33. The number of hydrogen-bond acceptors (Lipinski definition) is 6. The van der Waals surface area contributed by atoms with Gasteiger partial charge in [-0.25, -0.2) is 23.7 Å². The molecule has 0 fully saturated rings. The molecule has 3 heterocycles.